The fourth-order valence-electron chi connectivity index (χ4n) is 2.40. The molecule has 0 aromatic heterocycles. The lowest BCUT2D eigenvalue weighted by atomic mass is 10.1. The number of methoxy groups -OCH3 is 1. The minimum Gasteiger partial charge on any atom is -0.452 e. The molecule has 0 radical (unpaired) electrons. The standard InChI is InChI=1S/C19H16O5/c1-12-5-3-4-6-13(12)9-17-19(21)15-8-7-14(10-16(15)24-17)23-18(20)11-22-2/h3-10H,11H2,1-2H3/b17-9-. The summed E-state index contributed by atoms with van der Waals surface area (Å²) in [5.74, 6) is 0.225. The number of ether oxygens (including phenoxy) is 3. The molecule has 24 heavy (non-hydrogen) atoms. The molecule has 0 amide bonds. The summed E-state index contributed by atoms with van der Waals surface area (Å²) in [6.07, 6.45) is 1.72. The molecule has 1 heterocycles. The van der Waals surface area contributed by atoms with Crippen LogP contribution in [0.2, 0.25) is 0 Å². The van der Waals surface area contributed by atoms with Crippen LogP contribution in [0.25, 0.3) is 6.08 Å². The quantitative estimate of drug-likeness (QED) is 0.491. The number of hydrogen-bond donors (Lipinski definition) is 0. The minimum absolute atomic E-state index is 0.144. The molecule has 122 valence electrons. The van der Waals surface area contributed by atoms with Crippen molar-refractivity contribution in [3.8, 4) is 11.5 Å². The Morgan fingerprint density at radius 1 is 1.21 bits per heavy atom. The van der Waals surface area contributed by atoms with E-state index in [1.165, 1.54) is 13.2 Å². The number of carbonyl (C=O) groups excluding carboxylic acids is 2. The maximum absolute atomic E-state index is 12.4. The molecule has 2 aromatic rings. The molecule has 2 aromatic carbocycles. The summed E-state index contributed by atoms with van der Waals surface area (Å²) in [6, 6.07) is 12.4. The van der Waals surface area contributed by atoms with Crippen LogP contribution in [0.4, 0.5) is 0 Å². The Morgan fingerprint density at radius 2 is 2.00 bits per heavy atom. The van der Waals surface area contributed by atoms with E-state index in [0.29, 0.717) is 17.1 Å². The van der Waals surface area contributed by atoms with E-state index >= 15 is 0 Å². The summed E-state index contributed by atoms with van der Waals surface area (Å²) in [5, 5.41) is 0. The van der Waals surface area contributed by atoms with Crippen molar-refractivity contribution < 1.29 is 23.8 Å². The third-order valence-electron chi connectivity index (χ3n) is 3.61. The number of ketones is 1. The van der Waals surface area contributed by atoms with Crippen molar-refractivity contribution in [2.45, 2.75) is 6.92 Å². The Kier molecular flexibility index (Phi) is 4.44. The fourth-order valence-corrected chi connectivity index (χ4v) is 2.40. The molecule has 0 saturated carbocycles. The van der Waals surface area contributed by atoms with Gasteiger partial charge in [0.25, 0.3) is 0 Å². The summed E-state index contributed by atoms with van der Waals surface area (Å²) in [4.78, 5) is 23.9. The molecule has 5 nitrogen and oxygen atoms in total. The van der Waals surface area contributed by atoms with Gasteiger partial charge in [0, 0.05) is 13.2 Å². The van der Waals surface area contributed by atoms with E-state index in [1.54, 1.807) is 18.2 Å². The van der Waals surface area contributed by atoms with Gasteiger partial charge in [0.1, 0.15) is 18.1 Å². The maximum atomic E-state index is 12.4. The molecule has 5 heteroatoms. The number of rotatable bonds is 4. The van der Waals surface area contributed by atoms with Crippen LogP contribution in [-0.4, -0.2) is 25.5 Å². The van der Waals surface area contributed by atoms with Crippen LogP contribution in [-0.2, 0) is 9.53 Å². The molecule has 1 aliphatic heterocycles. The average molecular weight is 324 g/mol. The zero-order chi connectivity index (χ0) is 17.1. The van der Waals surface area contributed by atoms with Crippen LogP contribution in [0.5, 0.6) is 11.5 Å². The summed E-state index contributed by atoms with van der Waals surface area (Å²) in [5.41, 5.74) is 2.41. The largest absolute Gasteiger partial charge is 0.452 e. The highest BCUT2D eigenvalue weighted by atomic mass is 16.6. The predicted octanol–water partition coefficient (Wildman–Crippen LogP) is 3.16. The highest BCUT2D eigenvalue weighted by Gasteiger charge is 2.28. The highest BCUT2D eigenvalue weighted by Crippen LogP contribution is 2.35. The van der Waals surface area contributed by atoms with Gasteiger partial charge in [-0.15, -0.1) is 0 Å². The van der Waals surface area contributed by atoms with E-state index in [0.717, 1.165) is 11.1 Å². The Bertz CT molecular complexity index is 835. The number of benzene rings is 2. The molecule has 0 N–H and O–H groups in total. The summed E-state index contributed by atoms with van der Waals surface area (Å²) >= 11 is 0. The maximum Gasteiger partial charge on any atom is 0.337 e. The van der Waals surface area contributed by atoms with E-state index in [-0.39, 0.29) is 18.1 Å². The van der Waals surface area contributed by atoms with Crippen molar-refractivity contribution >= 4 is 17.8 Å². The number of aryl methyl sites for hydroxylation is 1. The third kappa shape index (κ3) is 3.21. The number of fused-ring (bicyclic) bond motifs is 1. The number of allylic oxidation sites excluding steroid dienone is 1. The molecule has 0 aliphatic carbocycles. The van der Waals surface area contributed by atoms with E-state index in [1.807, 2.05) is 31.2 Å². The monoisotopic (exact) mass is 324 g/mol. The van der Waals surface area contributed by atoms with Crippen molar-refractivity contribution in [2.24, 2.45) is 0 Å². The van der Waals surface area contributed by atoms with Gasteiger partial charge in [-0.25, -0.2) is 4.79 Å². The minimum atomic E-state index is -0.516. The van der Waals surface area contributed by atoms with Gasteiger partial charge in [-0.2, -0.15) is 0 Å². The predicted molar refractivity (Wildman–Crippen MR) is 88.1 cm³/mol. The zero-order valence-electron chi connectivity index (χ0n) is 13.4. The van der Waals surface area contributed by atoms with Crippen molar-refractivity contribution in [3.63, 3.8) is 0 Å². The molecule has 3 rings (SSSR count). The zero-order valence-corrected chi connectivity index (χ0v) is 13.4. The van der Waals surface area contributed by atoms with Crippen LogP contribution < -0.4 is 9.47 Å². The van der Waals surface area contributed by atoms with Crippen LogP contribution >= 0.6 is 0 Å². The third-order valence-corrected chi connectivity index (χ3v) is 3.61. The van der Waals surface area contributed by atoms with Crippen LogP contribution in [0, 0.1) is 6.92 Å². The first kappa shape index (κ1) is 16.0. The van der Waals surface area contributed by atoms with Gasteiger partial charge < -0.3 is 14.2 Å². The van der Waals surface area contributed by atoms with Gasteiger partial charge in [0.2, 0.25) is 5.78 Å². The van der Waals surface area contributed by atoms with Crippen LogP contribution in [0.3, 0.4) is 0 Å². The number of carbonyl (C=O) groups is 2. The van der Waals surface area contributed by atoms with E-state index < -0.39 is 5.97 Å². The van der Waals surface area contributed by atoms with E-state index in [2.05, 4.69) is 0 Å². The molecule has 0 unspecified atom stereocenters. The Balaban J connectivity index is 1.85. The number of hydrogen-bond acceptors (Lipinski definition) is 5. The molecule has 0 fully saturated rings. The lowest BCUT2D eigenvalue weighted by Gasteiger charge is -2.05. The van der Waals surface area contributed by atoms with Gasteiger partial charge >= 0.3 is 5.97 Å². The molecular weight excluding hydrogens is 308 g/mol. The van der Waals surface area contributed by atoms with Gasteiger partial charge in [-0.05, 0) is 36.3 Å². The second kappa shape index (κ2) is 6.68. The normalized spacial score (nSPS) is 14.4. The van der Waals surface area contributed by atoms with Gasteiger partial charge in [-0.3, -0.25) is 4.79 Å². The highest BCUT2D eigenvalue weighted by molar-refractivity contribution is 6.14. The Hall–Kier alpha value is -2.92. The van der Waals surface area contributed by atoms with E-state index in [4.69, 9.17) is 14.2 Å². The molecule has 0 atom stereocenters. The second-order valence-corrected chi connectivity index (χ2v) is 5.36. The SMILES string of the molecule is COCC(=O)Oc1ccc2c(c1)O/C(=C\c1ccccc1C)C2=O. The van der Waals surface area contributed by atoms with Gasteiger partial charge in [-0.1, -0.05) is 24.3 Å². The second-order valence-electron chi connectivity index (χ2n) is 5.36. The first-order valence-electron chi connectivity index (χ1n) is 7.42. The smallest absolute Gasteiger partial charge is 0.337 e. The summed E-state index contributed by atoms with van der Waals surface area (Å²) in [7, 11) is 1.41. The molecule has 0 bridgehead atoms. The van der Waals surface area contributed by atoms with E-state index in [9.17, 15) is 9.59 Å². The van der Waals surface area contributed by atoms with Crippen molar-refractivity contribution in [1.82, 2.24) is 0 Å². The van der Waals surface area contributed by atoms with Gasteiger partial charge in [0.05, 0.1) is 5.56 Å². The lowest BCUT2D eigenvalue weighted by Crippen LogP contribution is -2.14. The lowest BCUT2D eigenvalue weighted by molar-refractivity contribution is -0.138. The topological polar surface area (TPSA) is 61.8 Å². The molecule has 0 saturated heterocycles. The fraction of sp³-hybridized carbons (Fsp3) is 0.158. The number of esters is 1. The summed E-state index contributed by atoms with van der Waals surface area (Å²) < 4.78 is 15.5. The Morgan fingerprint density at radius 3 is 2.75 bits per heavy atom. The first-order chi connectivity index (χ1) is 11.6. The van der Waals surface area contributed by atoms with Crippen molar-refractivity contribution in [3.05, 3.63) is 64.9 Å². The average Bonchev–Trinajstić information content (AvgIpc) is 2.85. The first-order valence-corrected chi connectivity index (χ1v) is 7.42. The van der Waals surface area contributed by atoms with Crippen molar-refractivity contribution in [1.29, 1.82) is 0 Å². The number of Topliss-reactive ketones (excluding diaryl/α,β-unsaturated/α-hetero) is 1. The van der Waals surface area contributed by atoms with Crippen LogP contribution in [0.15, 0.2) is 48.2 Å². The molecule has 1 aliphatic rings. The molecule has 0 spiro atoms. The Labute approximate surface area is 139 Å². The van der Waals surface area contributed by atoms with Crippen molar-refractivity contribution in [2.75, 3.05) is 13.7 Å². The summed E-state index contributed by atoms with van der Waals surface area (Å²) in [6.45, 7) is 1.82. The van der Waals surface area contributed by atoms with Gasteiger partial charge in [0.15, 0.2) is 5.76 Å². The molecular formula is C19H16O5. The van der Waals surface area contributed by atoms with Crippen LogP contribution in [0.1, 0.15) is 21.5 Å².